The molecule has 1 aliphatic heterocycles. The summed E-state index contributed by atoms with van der Waals surface area (Å²) in [6, 6.07) is 15.4. The van der Waals surface area contributed by atoms with Crippen molar-refractivity contribution in [2.75, 3.05) is 31.6 Å². The zero-order valence-corrected chi connectivity index (χ0v) is 15.7. The van der Waals surface area contributed by atoms with Crippen molar-refractivity contribution in [2.45, 2.75) is 19.6 Å². The predicted octanol–water partition coefficient (Wildman–Crippen LogP) is 2.41. The van der Waals surface area contributed by atoms with Gasteiger partial charge in [-0.25, -0.2) is 4.98 Å². The second-order valence-electron chi connectivity index (χ2n) is 6.96. The number of anilines is 1. The Morgan fingerprint density at radius 2 is 2.04 bits per heavy atom. The lowest BCUT2D eigenvalue weighted by Gasteiger charge is -2.37. The van der Waals surface area contributed by atoms with Crippen molar-refractivity contribution in [1.82, 2.24) is 14.3 Å². The Kier molecular flexibility index (Phi) is 4.81. The maximum Gasteiger partial charge on any atom is 0.258 e. The number of hydrogen-bond acceptors (Lipinski definition) is 5. The molecule has 0 spiro atoms. The van der Waals surface area contributed by atoms with Gasteiger partial charge in [0.05, 0.1) is 17.9 Å². The molecule has 4 rings (SSSR count). The molecule has 6 nitrogen and oxygen atoms in total. The van der Waals surface area contributed by atoms with E-state index in [1.165, 1.54) is 0 Å². The number of ether oxygens (including phenoxy) is 1. The maximum atomic E-state index is 12.3. The van der Waals surface area contributed by atoms with E-state index in [1.807, 2.05) is 43.4 Å². The molecule has 1 aliphatic rings. The summed E-state index contributed by atoms with van der Waals surface area (Å²) in [5.74, 6) is 0.936. The van der Waals surface area contributed by atoms with Crippen LogP contribution in [0.1, 0.15) is 12.6 Å². The first-order chi connectivity index (χ1) is 13.1. The Morgan fingerprint density at radius 1 is 1.22 bits per heavy atom. The summed E-state index contributed by atoms with van der Waals surface area (Å²) >= 11 is 0. The van der Waals surface area contributed by atoms with Crippen LogP contribution < -0.4 is 15.2 Å². The summed E-state index contributed by atoms with van der Waals surface area (Å²) in [4.78, 5) is 21.4. The fourth-order valence-electron chi connectivity index (χ4n) is 3.65. The van der Waals surface area contributed by atoms with Gasteiger partial charge in [0, 0.05) is 31.9 Å². The highest BCUT2D eigenvalue weighted by atomic mass is 16.5. The summed E-state index contributed by atoms with van der Waals surface area (Å²) in [5, 5.41) is 0. The molecule has 0 aliphatic carbocycles. The van der Waals surface area contributed by atoms with Crippen molar-refractivity contribution in [3.8, 4) is 5.75 Å². The van der Waals surface area contributed by atoms with Crippen LogP contribution >= 0.6 is 0 Å². The van der Waals surface area contributed by atoms with Crippen LogP contribution in [0.3, 0.4) is 0 Å². The average Bonchev–Trinajstić information content (AvgIpc) is 2.67. The first kappa shape index (κ1) is 17.5. The SMILES string of the molecule is CCN1C[C@@H](CN(C)Cc2cc(=O)n3ccccc3n2)Oc2ccccc21. The summed E-state index contributed by atoms with van der Waals surface area (Å²) in [7, 11) is 2.04. The van der Waals surface area contributed by atoms with Crippen molar-refractivity contribution in [3.63, 3.8) is 0 Å². The minimum absolute atomic E-state index is 0.0519. The third-order valence-corrected chi connectivity index (χ3v) is 4.88. The third-order valence-electron chi connectivity index (χ3n) is 4.88. The third kappa shape index (κ3) is 3.66. The second kappa shape index (κ2) is 7.40. The Balaban J connectivity index is 1.47. The molecule has 3 heterocycles. The van der Waals surface area contributed by atoms with Crippen molar-refractivity contribution in [1.29, 1.82) is 0 Å². The summed E-state index contributed by atoms with van der Waals surface area (Å²) in [6.07, 6.45) is 1.82. The lowest BCUT2D eigenvalue weighted by Crippen LogP contribution is -2.45. The van der Waals surface area contributed by atoms with Crippen LogP contribution in [0.5, 0.6) is 5.75 Å². The molecule has 0 saturated carbocycles. The molecule has 2 aromatic heterocycles. The molecule has 0 unspecified atom stereocenters. The number of rotatable bonds is 5. The summed E-state index contributed by atoms with van der Waals surface area (Å²) in [5.41, 5.74) is 2.55. The molecule has 0 saturated heterocycles. The molecule has 1 atom stereocenters. The number of fused-ring (bicyclic) bond motifs is 2. The first-order valence-electron chi connectivity index (χ1n) is 9.30. The molecular formula is C21H24N4O2. The van der Waals surface area contributed by atoms with E-state index in [2.05, 4.69) is 27.8 Å². The fourth-order valence-corrected chi connectivity index (χ4v) is 3.65. The molecule has 3 aromatic rings. The Morgan fingerprint density at radius 3 is 2.89 bits per heavy atom. The highest BCUT2D eigenvalue weighted by molar-refractivity contribution is 5.60. The Bertz CT molecular complexity index is 1000. The minimum Gasteiger partial charge on any atom is -0.485 e. The quantitative estimate of drug-likeness (QED) is 0.696. The molecular weight excluding hydrogens is 340 g/mol. The lowest BCUT2D eigenvalue weighted by molar-refractivity contribution is 0.139. The maximum absolute atomic E-state index is 12.3. The molecule has 0 fully saturated rings. The van der Waals surface area contributed by atoms with Crippen molar-refractivity contribution in [3.05, 3.63) is 70.8 Å². The standard InChI is InChI=1S/C21H24N4O2/c1-3-24-15-17(27-19-9-5-4-8-18(19)24)14-23(2)13-16-12-21(26)25-11-7-6-10-20(25)22-16/h4-12,17H,3,13-15H2,1-2H3/t17-/m1/s1. The van der Waals surface area contributed by atoms with Gasteiger partial charge in [0.15, 0.2) is 0 Å². The number of benzene rings is 1. The molecule has 140 valence electrons. The number of pyridine rings is 1. The van der Waals surface area contributed by atoms with Crippen LogP contribution in [0.2, 0.25) is 0 Å². The molecule has 0 N–H and O–H groups in total. The zero-order chi connectivity index (χ0) is 18.8. The fraction of sp³-hybridized carbons (Fsp3) is 0.333. The Hall–Kier alpha value is -2.86. The number of nitrogens with zero attached hydrogens (tertiary/aromatic N) is 4. The highest BCUT2D eigenvalue weighted by Gasteiger charge is 2.25. The predicted molar refractivity (Wildman–Crippen MR) is 107 cm³/mol. The van der Waals surface area contributed by atoms with Crippen LogP contribution in [-0.2, 0) is 6.54 Å². The lowest BCUT2D eigenvalue weighted by atomic mass is 10.2. The number of para-hydroxylation sites is 2. The van der Waals surface area contributed by atoms with Gasteiger partial charge in [0.25, 0.3) is 5.56 Å². The summed E-state index contributed by atoms with van der Waals surface area (Å²) in [6.45, 7) is 5.33. The number of hydrogen-bond donors (Lipinski definition) is 0. The van der Waals surface area contributed by atoms with Crippen LogP contribution in [0.25, 0.3) is 5.65 Å². The monoisotopic (exact) mass is 364 g/mol. The van der Waals surface area contributed by atoms with E-state index in [0.717, 1.165) is 36.8 Å². The van der Waals surface area contributed by atoms with Crippen LogP contribution in [-0.4, -0.2) is 47.1 Å². The molecule has 6 heteroatoms. The second-order valence-corrected chi connectivity index (χ2v) is 6.96. The highest BCUT2D eigenvalue weighted by Crippen LogP contribution is 2.32. The number of likely N-dealkylation sites (N-methyl/N-ethyl adjacent to an activating group) is 2. The molecule has 0 amide bonds. The largest absolute Gasteiger partial charge is 0.485 e. The van der Waals surface area contributed by atoms with Crippen molar-refractivity contribution < 1.29 is 4.74 Å². The molecule has 1 aromatic carbocycles. The zero-order valence-electron chi connectivity index (χ0n) is 15.7. The smallest absolute Gasteiger partial charge is 0.258 e. The van der Waals surface area contributed by atoms with E-state index in [-0.39, 0.29) is 11.7 Å². The minimum atomic E-state index is -0.0519. The van der Waals surface area contributed by atoms with Gasteiger partial charge in [-0.05, 0) is 38.2 Å². The van der Waals surface area contributed by atoms with Crippen LogP contribution in [0.15, 0.2) is 59.5 Å². The Labute approximate surface area is 158 Å². The van der Waals surface area contributed by atoms with Gasteiger partial charge >= 0.3 is 0 Å². The summed E-state index contributed by atoms with van der Waals surface area (Å²) < 4.78 is 7.76. The molecule has 0 radical (unpaired) electrons. The first-order valence-corrected chi connectivity index (χ1v) is 9.30. The normalized spacial score (nSPS) is 16.4. The van der Waals surface area contributed by atoms with Crippen LogP contribution in [0, 0.1) is 0 Å². The topological polar surface area (TPSA) is 50.1 Å². The van der Waals surface area contributed by atoms with Gasteiger partial charge in [-0.15, -0.1) is 0 Å². The van der Waals surface area contributed by atoms with E-state index in [9.17, 15) is 4.79 Å². The van der Waals surface area contributed by atoms with Gasteiger partial charge in [0.1, 0.15) is 17.5 Å². The van der Waals surface area contributed by atoms with E-state index in [0.29, 0.717) is 12.2 Å². The van der Waals surface area contributed by atoms with E-state index in [4.69, 9.17) is 4.74 Å². The van der Waals surface area contributed by atoms with E-state index < -0.39 is 0 Å². The molecule has 27 heavy (non-hydrogen) atoms. The molecule has 0 bridgehead atoms. The van der Waals surface area contributed by atoms with E-state index in [1.54, 1.807) is 16.7 Å². The number of aromatic nitrogens is 2. The van der Waals surface area contributed by atoms with Crippen LogP contribution in [0.4, 0.5) is 5.69 Å². The van der Waals surface area contributed by atoms with Gasteiger partial charge < -0.3 is 9.64 Å². The van der Waals surface area contributed by atoms with Crippen molar-refractivity contribution >= 4 is 11.3 Å². The van der Waals surface area contributed by atoms with E-state index >= 15 is 0 Å². The van der Waals surface area contributed by atoms with Gasteiger partial charge in [-0.1, -0.05) is 18.2 Å². The van der Waals surface area contributed by atoms with Crippen molar-refractivity contribution in [2.24, 2.45) is 0 Å². The van der Waals surface area contributed by atoms with Gasteiger partial charge in [-0.3, -0.25) is 14.1 Å². The van der Waals surface area contributed by atoms with Gasteiger partial charge in [-0.2, -0.15) is 0 Å². The average molecular weight is 364 g/mol. The van der Waals surface area contributed by atoms with Gasteiger partial charge in [0.2, 0.25) is 0 Å².